The smallest absolute Gasteiger partial charge is 0.234 e. The van der Waals surface area contributed by atoms with Gasteiger partial charge in [0.05, 0.1) is 20.2 Å². The second-order valence-corrected chi connectivity index (χ2v) is 7.05. The molecule has 1 amide bonds. The van der Waals surface area contributed by atoms with Gasteiger partial charge in [0.2, 0.25) is 5.91 Å². The zero-order valence-electron chi connectivity index (χ0n) is 16.1. The van der Waals surface area contributed by atoms with Crippen LogP contribution in [-0.4, -0.2) is 63.8 Å². The molecule has 0 unspecified atom stereocenters. The number of hydrogen-bond acceptors (Lipinski definition) is 5. The van der Waals surface area contributed by atoms with Crippen LogP contribution in [0.2, 0.25) is 5.02 Å². The number of nitrogens with zero attached hydrogens (tertiary/aromatic N) is 2. The maximum absolute atomic E-state index is 12.1. The van der Waals surface area contributed by atoms with E-state index in [0.29, 0.717) is 24.7 Å². The van der Waals surface area contributed by atoms with Crippen LogP contribution in [0.15, 0.2) is 48.5 Å². The molecule has 1 aliphatic heterocycles. The number of anilines is 1. The van der Waals surface area contributed by atoms with Crippen LogP contribution in [0.5, 0.6) is 11.5 Å². The number of carbonyl (C=O) groups excluding carboxylic acids is 1. The molecule has 1 N–H and O–H groups in total. The van der Waals surface area contributed by atoms with Gasteiger partial charge in [0, 0.05) is 36.9 Å². The molecular formula is C21H26ClN3O3. The first-order valence-electron chi connectivity index (χ1n) is 9.40. The third kappa shape index (κ3) is 6.04. The number of methoxy groups -OCH3 is 1. The minimum atomic E-state index is 0.0256. The third-order valence-corrected chi connectivity index (χ3v) is 4.94. The van der Waals surface area contributed by atoms with Gasteiger partial charge in [-0.05, 0) is 48.5 Å². The van der Waals surface area contributed by atoms with Crippen LogP contribution in [0.1, 0.15) is 0 Å². The first-order valence-corrected chi connectivity index (χ1v) is 9.78. The van der Waals surface area contributed by atoms with Crippen molar-refractivity contribution in [3.05, 3.63) is 53.6 Å². The van der Waals surface area contributed by atoms with Gasteiger partial charge in [-0.2, -0.15) is 0 Å². The Morgan fingerprint density at radius 3 is 2.29 bits per heavy atom. The van der Waals surface area contributed by atoms with E-state index < -0.39 is 0 Å². The van der Waals surface area contributed by atoms with Gasteiger partial charge in [-0.3, -0.25) is 9.69 Å². The standard InChI is InChI=1S/C21H26ClN3O3/c1-27-19-8-4-18(5-9-19)25-13-11-24(12-14-25)16-21(26)23-10-15-28-20-6-2-17(22)3-7-20/h2-9H,10-16H2,1H3,(H,23,26). The lowest BCUT2D eigenvalue weighted by Crippen LogP contribution is -2.49. The van der Waals surface area contributed by atoms with Gasteiger partial charge in [-0.25, -0.2) is 0 Å². The highest BCUT2D eigenvalue weighted by Gasteiger charge is 2.19. The predicted octanol–water partition coefficient (Wildman–Crippen LogP) is 2.67. The molecule has 1 fully saturated rings. The minimum absolute atomic E-state index is 0.0256. The van der Waals surface area contributed by atoms with E-state index >= 15 is 0 Å². The number of ether oxygens (including phenoxy) is 2. The van der Waals surface area contributed by atoms with Crippen LogP contribution in [-0.2, 0) is 4.79 Å². The molecule has 150 valence electrons. The fraction of sp³-hybridized carbons (Fsp3) is 0.381. The van der Waals surface area contributed by atoms with Crippen molar-refractivity contribution >= 4 is 23.2 Å². The third-order valence-electron chi connectivity index (χ3n) is 4.68. The van der Waals surface area contributed by atoms with E-state index in [0.717, 1.165) is 37.7 Å². The van der Waals surface area contributed by atoms with Gasteiger partial charge in [0.25, 0.3) is 0 Å². The number of hydrogen-bond donors (Lipinski definition) is 1. The van der Waals surface area contributed by atoms with Crippen molar-refractivity contribution in [1.29, 1.82) is 0 Å². The first kappa shape index (κ1) is 20.3. The highest BCUT2D eigenvalue weighted by molar-refractivity contribution is 6.30. The van der Waals surface area contributed by atoms with Gasteiger partial charge < -0.3 is 19.7 Å². The van der Waals surface area contributed by atoms with Crippen molar-refractivity contribution in [2.45, 2.75) is 0 Å². The Bertz CT molecular complexity index is 744. The molecule has 0 atom stereocenters. The molecule has 0 radical (unpaired) electrons. The molecular weight excluding hydrogens is 378 g/mol. The van der Waals surface area contributed by atoms with Crippen molar-refractivity contribution in [3.63, 3.8) is 0 Å². The van der Waals surface area contributed by atoms with Gasteiger partial charge >= 0.3 is 0 Å². The van der Waals surface area contributed by atoms with Crippen LogP contribution in [0.4, 0.5) is 5.69 Å². The Hall–Kier alpha value is -2.44. The van der Waals surface area contributed by atoms with E-state index in [1.165, 1.54) is 5.69 Å². The number of carbonyl (C=O) groups is 1. The van der Waals surface area contributed by atoms with Gasteiger partial charge in [-0.15, -0.1) is 0 Å². The Morgan fingerprint density at radius 1 is 1.00 bits per heavy atom. The summed E-state index contributed by atoms with van der Waals surface area (Å²) in [5.41, 5.74) is 1.18. The fourth-order valence-electron chi connectivity index (χ4n) is 3.11. The second kappa shape index (κ2) is 10.2. The quantitative estimate of drug-likeness (QED) is 0.687. The zero-order valence-corrected chi connectivity index (χ0v) is 16.8. The fourth-order valence-corrected chi connectivity index (χ4v) is 3.23. The molecule has 1 heterocycles. The Kier molecular flexibility index (Phi) is 7.39. The van der Waals surface area contributed by atoms with E-state index in [1.807, 2.05) is 24.3 Å². The minimum Gasteiger partial charge on any atom is -0.497 e. The number of rotatable bonds is 8. The highest BCUT2D eigenvalue weighted by Crippen LogP contribution is 2.20. The molecule has 0 spiro atoms. The summed E-state index contributed by atoms with van der Waals surface area (Å²) < 4.78 is 10.8. The topological polar surface area (TPSA) is 54.0 Å². The van der Waals surface area contributed by atoms with Gasteiger partial charge in [-0.1, -0.05) is 11.6 Å². The zero-order chi connectivity index (χ0) is 19.8. The summed E-state index contributed by atoms with van der Waals surface area (Å²) in [6, 6.07) is 15.3. The molecule has 7 heteroatoms. The summed E-state index contributed by atoms with van der Waals surface area (Å²) in [7, 11) is 1.67. The maximum atomic E-state index is 12.1. The lowest BCUT2D eigenvalue weighted by Gasteiger charge is -2.35. The monoisotopic (exact) mass is 403 g/mol. The van der Waals surface area contributed by atoms with E-state index in [2.05, 4.69) is 27.2 Å². The normalized spacial score (nSPS) is 14.6. The Morgan fingerprint density at radius 2 is 1.64 bits per heavy atom. The first-order chi connectivity index (χ1) is 13.6. The molecule has 28 heavy (non-hydrogen) atoms. The summed E-state index contributed by atoms with van der Waals surface area (Å²) in [5.74, 6) is 1.63. The predicted molar refractivity (Wildman–Crippen MR) is 112 cm³/mol. The van der Waals surface area contributed by atoms with Gasteiger partial charge in [0.1, 0.15) is 18.1 Å². The van der Waals surface area contributed by atoms with Crippen molar-refractivity contribution in [3.8, 4) is 11.5 Å². The summed E-state index contributed by atoms with van der Waals surface area (Å²) >= 11 is 5.84. The number of piperazine rings is 1. The maximum Gasteiger partial charge on any atom is 0.234 e. The molecule has 2 aromatic rings. The lowest BCUT2D eigenvalue weighted by molar-refractivity contribution is -0.122. The SMILES string of the molecule is COc1ccc(N2CCN(CC(=O)NCCOc3ccc(Cl)cc3)CC2)cc1. The Balaban J connectivity index is 1.32. The second-order valence-electron chi connectivity index (χ2n) is 6.61. The molecule has 0 aromatic heterocycles. The molecule has 6 nitrogen and oxygen atoms in total. The highest BCUT2D eigenvalue weighted by atomic mass is 35.5. The molecule has 1 saturated heterocycles. The van der Waals surface area contributed by atoms with E-state index in [9.17, 15) is 4.79 Å². The van der Waals surface area contributed by atoms with Crippen molar-refractivity contribution < 1.29 is 14.3 Å². The Labute approximate surface area is 171 Å². The van der Waals surface area contributed by atoms with E-state index in [4.69, 9.17) is 21.1 Å². The van der Waals surface area contributed by atoms with Crippen LogP contribution >= 0.6 is 11.6 Å². The van der Waals surface area contributed by atoms with Crippen molar-refractivity contribution in [1.82, 2.24) is 10.2 Å². The number of amides is 1. The molecule has 1 aliphatic rings. The van der Waals surface area contributed by atoms with E-state index in [1.54, 1.807) is 19.2 Å². The average Bonchev–Trinajstić information content (AvgIpc) is 2.73. The number of nitrogens with one attached hydrogen (secondary N) is 1. The average molecular weight is 404 g/mol. The number of halogens is 1. The van der Waals surface area contributed by atoms with Crippen LogP contribution < -0.4 is 19.7 Å². The summed E-state index contributed by atoms with van der Waals surface area (Å²) in [5, 5.41) is 3.58. The lowest BCUT2D eigenvalue weighted by atomic mass is 10.2. The van der Waals surface area contributed by atoms with Crippen LogP contribution in [0.3, 0.4) is 0 Å². The molecule has 0 bridgehead atoms. The van der Waals surface area contributed by atoms with Gasteiger partial charge in [0.15, 0.2) is 0 Å². The van der Waals surface area contributed by atoms with Crippen molar-refractivity contribution in [2.24, 2.45) is 0 Å². The largest absolute Gasteiger partial charge is 0.497 e. The van der Waals surface area contributed by atoms with Crippen molar-refractivity contribution in [2.75, 3.05) is 57.9 Å². The summed E-state index contributed by atoms with van der Waals surface area (Å²) in [4.78, 5) is 16.6. The van der Waals surface area contributed by atoms with E-state index in [-0.39, 0.29) is 5.91 Å². The summed E-state index contributed by atoms with van der Waals surface area (Å²) in [6.07, 6.45) is 0. The molecule has 3 rings (SSSR count). The molecule has 0 saturated carbocycles. The summed E-state index contributed by atoms with van der Waals surface area (Å²) in [6.45, 7) is 4.85. The number of benzene rings is 2. The molecule has 0 aliphatic carbocycles. The van der Waals surface area contributed by atoms with Crippen LogP contribution in [0.25, 0.3) is 0 Å². The van der Waals surface area contributed by atoms with Crippen LogP contribution in [0, 0.1) is 0 Å². The molecule has 2 aromatic carbocycles.